The molecule has 3 nitrogen and oxygen atoms in total. The van der Waals surface area contributed by atoms with Crippen LogP contribution in [0.5, 0.6) is 0 Å². The highest BCUT2D eigenvalue weighted by Gasteiger charge is 2.17. The van der Waals surface area contributed by atoms with Crippen LogP contribution in [0.15, 0.2) is 30.5 Å². The zero-order valence-electron chi connectivity index (χ0n) is 8.56. The lowest BCUT2D eigenvalue weighted by Crippen LogP contribution is -2.04. The zero-order chi connectivity index (χ0) is 11.7. The van der Waals surface area contributed by atoms with Crippen LogP contribution in [0, 0.1) is 5.82 Å². The topological polar surface area (TPSA) is 38.0 Å². The molecule has 0 spiro atoms. The minimum Gasteiger partial charge on any atom is -0.382 e. The first-order chi connectivity index (χ1) is 7.58. The van der Waals surface area contributed by atoms with Crippen molar-refractivity contribution in [2.45, 2.75) is 6.10 Å². The standard InChI is InChI=1S/C11H10ClFN2O/c1-15-5-4-10(14-15)11(16)8-3-2-7(12)6-9(8)13/h2-6,11,16H,1H3. The summed E-state index contributed by atoms with van der Waals surface area (Å²) in [4.78, 5) is 0. The molecule has 0 aliphatic rings. The zero-order valence-corrected chi connectivity index (χ0v) is 9.32. The molecule has 1 N–H and O–H groups in total. The van der Waals surface area contributed by atoms with E-state index in [2.05, 4.69) is 5.10 Å². The molecule has 1 heterocycles. The second kappa shape index (κ2) is 4.23. The van der Waals surface area contributed by atoms with Gasteiger partial charge < -0.3 is 5.11 Å². The number of nitrogens with zero attached hydrogens (tertiary/aromatic N) is 2. The second-order valence-corrected chi connectivity index (χ2v) is 3.92. The fourth-order valence-corrected chi connectivity index (χ4v) is 1.62. The fraction of sp³-hybridized carbons (Fsp3) is 0.182. The first kappa shape index (κ1) is 11.1. The molecule has 0 saturated heterocycles. The molecule has 1 aromatic carbocycles. The van der Waals surface area contributed by atoms with Crippen LogP contribution in [0.25, 0.3) is 0 Å². The van der Waals surface area contributed by atoms with E-state index in [1.165, 1.54) is 18.2 Å². The van der Waals surface area contributed by atoms with Gasteiger partial charge in [-0.2, -0.15) is 5.10 Å². The minimum absolute atomic E-state index is 0.170. The maximum atomic E-state index is 13.5. The van der Waals surface area contributed by atoms with Gasteiger partial charge in [-0.05, 0) is 18.2 Å². The highest BCUT2D eigenvalue weighted by Crippen LogP contribution is 2.24. The van der Waals surface area contributed by atoms with E-state index in [-0.39, 0.29) is 5.56 Å². The Kier molecular flexibility index (Phi) is 2.94. The van der Waals surface area contributed by atoms with E-state index in [0.29, 0.717) is 10.7 Å². The van der Waals surface area contributed by atoms with Crippen molar-refractivity contribution < 1.29 is 9.50 Å². The third-order valence-electron chi connectivity index (χ3n) is 2.27. The van der Waals surface area contributed by atoms with Crippen LogP contribution in [-0.4, -0.2) is 14.9 Å². The normalized spacial score (nSPS) is 12.8. The molecule has 0 fully saturated rings. The number of aliphatic hydroxyl groups excluding tert-OH is 1. The number of aryl methyl sites for hydroxylation is 1. The smallest absolute Gasteiger partial charge is 0.130 e. The molecule has 1 unspecified atom stereocenters. The van der Waals surface area contributed by atoms with Gasteiger partial charge in [0.2, 0.25) is 0 Å². The number of hydrogen-bond acceptors (Lipinski definition) is 2. The van der Waals surface area contributed by atoms with E-state index in [1.807, 2.05) is 0 Å². The van der Waals surface area contributed by atoms with E-state index in [9.17, 15) is 9.50 Å². The average Bonchev–Trinajstić information content (AvgIpc) is 2.64. The summed E-state index contributed by atoms with van der Waals surface area (Å²) in [6.07, 6.45) is 0.616. The first-order valence-corrected chi connectivity index (χ1v) is 5.08. The minimum atomic E-state index is -1.07. The quantitative estimate of drug-likeness (QED) is 0.875. The Hall–Kier alpha value is -1.39. The van der Waals surface area contributed by atoms with Crippen molar-refractivity contribution in [1.29, 1.82) is 0 Å². The van der Waals surface area contributed by atoms with Gasteiger partial charge in [-0.25, -0.2) is 4.39 Å². The maximum absolute atomic E-state index is 13.5. The molecule has 0 saturated carbocycles. The summed E-state index contributed by atoms with van der Waals surface area (Å²) >= 11 is 5.63. The Morgan fingerprint density at radius 1 is 1.44 bits per heavy atom. The molecule has 84 valence electrons. The lowest BCUT2D eigenvalue weighted by atomic mass is 10.1. The van der Waals surface area contributed by atoms with Crippen LogP contribution in [0.1, 0.15) is 17.4 Å². The van der Waals surface area contributed by atoms with Crippen molar-refractivity contribution >= 4 is 11.6 Å². The molecule has 1 atom stereocenters. The fourth-order valence-electron chi connectivity index (χ4n) is 1.46. The number of hydrogen-bond donors (Lipinski definition) is 1. The van der Waals surface area contributed by atoms with E-state index < -0.39 is 11.9 Å². The summed E-state index contributed by atoms with van der Waals surface area (Å²) in [5, 5.41) is 14.2. The van der Waals surface area contributed by atoms with Gasteiger partial charge >= 0.3 is 0 Å². The summed E-state index contributed by atoms with van der Waals surface area (Å²) < 4.78 is 15.1. The highest BCUT2D eigenvalue weighted by molar-refractivity contribution is 6.30. The van der Waals surface area contributed by atoms with Crippen molar-refractivity contribution in [3.63, 3.8) is 0 Å². The van der Waals surface area contributed by atoms with E-state index >= 15 is 0 Å². The Morgan fingerprint density at radius 3 is 2.75 bits per heavy atom. The van der Waals surface area contributed by atoms with Crippen LogP contribution in [-0.2, 0) is 7.05 Å². The van der Waals surface area contributed by atoms with Crippen molar-refractivity contribution in [3.05, 3.63) is 52.6 Å². The van der Waals surface area contributed by atoms with Crippen LogP contribution in [0.4, 0.5) is 4.39 Å². The van der Waals surface area contributed by atoms with Crippen molar-refractivity contribution in [3.8, 4) is 0 Å². The Morgan fingerprint density at radius 2 is 2.19 bits per heavy atom. The van der Waals surface area contributed by atoms with Gasteiger partial charge in [0, 0.05) is 23.8 Å². The van der Waals surface area contributed by atoms with Gasteiger partial charge in [0.05, 0.1) is 5.69 Å². The number of benzene rings is 1. The molecule has 2 rings (SSSR count). The maximum Gasteiger partial charge on any atom is 0.130 e. The average molecular weight is 241 g/mol. The van der Waals surface area contributed by atoms with Crippen LogP contribution in [0.3, 0.4) is 0 Å². The lowest BCUT2D eigenvalue weighted by molar-refractivity contribution is 0.209. The Balaban J connectivity index is 2.37. The van der Waals surface area contributed by atoms with Crippen molar-refractivity contribution in [1.82, 2.24) is 9.78 Å². The van der Waals surface area contributed by atoms with Gasteiger partial charge in [0.25, 0.3) is 0 Å². The van der Waals surface area contributed by atoms with Crippen molar-refractivity contribution in [2.75, 3.05) is 0 Å². The summed E-state index contributed by atoms with van der Waals surface area (Å²) in [6, 6.07) is 5.80. The van der Waals surface area contributed by atoms with Crippen LogP contribution < -0.4 is 0 Å². The second-order valence-electron chi connectivity index (χ2n) is 3.48. The van der Waals surface area contributed by atoms with E-state index in [4.69, 9.17) is 11.6 Å². The van der Waals surface area contributed by atoms with Crippen LogP contribution >= 0.6 is 11.6 Å². The monoisotopic (exact) mass is 240 g/mol. The molecular formula is C11H10ClFN2O. The summed E-state index contributed by atoms with van der Waals surface area (Å²) in [5.41, 5.74) is 0.576. The molecule has 1 aromatic heterocycles. The lowest BCUT2D eigenvalue weighted by Gasteiger charge is -2.09. The van der Waals surface area contributed by atoms with Gasteiger partial charge in [-0.3, -0.25) is 4.68 Å². The molecule has 5 heteroatoms. The summed E-state index contributed by atoms with van der Waals surface area (Å²) in [7, 11) is 1.73. The molecule has 2 aromatic rings. The third-order valence-corrected chi connectivity index (χ3v) is 2.51. The molecule has 0 aliphatic heterocycles. The SMILES string of the molecule is Cn1ccc(C(O)c2ccc(Cl)cc2F)n1. The third kappa shape index (κ3) is 2.08. The first-order valence-electron chi connectivity index (χ1n) is 4.70. The Bertz CT molecular complexity index is 512. The van der Waals surface area contributed by atoms with Gasteiger partial charge in [-0.1, -0.05) is 17.7 Å². The number of rotatable bonds is 2. The van der Waals surface area contributed by atoms with Crippen molar-refractivity contribution in [2.24, 2.45) is 7.05 Å². The molecule has 0 aliphatic carbocycles. The molecular weight excluding hydrogens is 231 g/mol. The number of aromatic nitrogens is 2. The van der Waals surface area contributed by atoms with Gasteiger partial charge in [0.1, 0.15) is 11.9 Å². The molecule has 16 heavy (non-hydrogen) atoms. The summed E-state index contributed by atoms with van der Waals surface area (Å²) in [6.45, 7) is 0. The predicted molar refractivity (Wildman–Crippen MR) is 58.7 cm³/mol. The number of aliphatic hydroxyl groups is 1. The number of halogens is 2. The largest absolute Gasteiger partial charge is 0.382 e. The van der Waals surface area contributed by atoms with Crippen LogP contribution in [0.2, 0.25) is 5.02 Å². The molecule has 0 amide bonds. The van der Waals surface area contributed by atoms with E-state index in [1.54, 1.807) is 24.0 Å². The molecule has 0 bridgehead atoms. The van der Waals surface area contributed by atoms with Gasteiger partial charge in [-0.15, -0.1) is 0 Å². The molecule has 0 radical (unpaired) electrons. The Labute approximate surface area is 97.1 Å². The van der Waals surface area contributed by atoms with Gasteiger partial charge in [0.15, 0.2) is 0 Å². The predicted octanol–water partition coefficient (Wildman–Crippen LogP) is 2.29. The van der Waals surface area contributed by atoms with E-state index in [0.717, 1.165) is 0 Å². The highest BCUT2D eigenvalue weighted by atomic mass is 35.5. The summed E-state index contributed by atoms with van der Waals surface area (Å²) in [5.74, 6) is -0.536.